The quantitative estimate of drug-likeness (QED) is 0.671. The average molecular weight is 325 g/mol. The molecule has 0 bridgehead atoms. The number of rotatable bonds is 3. The van der Waals surface area contributed by atoms with Gasteiger partial charge in [0.15, 0.2) is 0 Å². The Morgan fingerprint density at radius 1 is 0.783 bits per heavy atom. The summed E-state index contributed by atoms with van der Waals surface area (Å²) >= 11 is 5.71. The molecule has 0 amide bonds. The van der Waals surface area contributed by atoms with E-state index in [4.69, 9.17) is 16.7 Å². The van der Waals surface area contributed by atoms with E-state index in [0.717, 1.165) is 17.0 Å². The monoisotopic (exact) mass is 324 g/mol. The number of aliphatic hydroxyl groups excluding tert-OH is 1. The van der Waals surface area contributed by atoms with Crippen molar-refractivity contribution in [2.75, 3.05) is 6.61 Å². The second-order valence-electron chi connectivity index (χ2n) is 5.29. The molecule has 0 aromatic heterocycles. The molecule has 0 spiro atoms. The molecular formula is C21H21ClO. The van der Waals surface area contributed by atoms with Crippen LogP contribution in [0.5, 0.6) is 0 Å². The lowest BCUT2D eigenvalue weighted by atomic mass is 10.0. The van der Waals surface area contributed by atoms with Crippen LogP contribution < -0.4 is 0 Å². The zero-order chi connectivity index (χ0) is 16.5. The van der Waals surface area contributed by atoms with Gasteiger partial charge in [0.1, 0.15) is 0 Å². The molecule has 1 nitrogen and oxygen atoms in total. The molecule has 0 radical (unpaired) electrons. The fourth-order valence-electron chi connectivity index (χ4n) is 2.22. The topological polar surface area (TPSA) is 20.2 Å². The van der Waals surface area contributed by atoms with E-state index in [9.17, 15) is 0 Å². The van der Waals surface area contributed by atoms with E-state index in [1.54, 1.807) is 0 Å². The second kappa shape index (κ2) is 9.14. The van der Waals surface area contributed by atoms with E-state index in [2.05, 4.69) is 24.3 Å². The zero-order valence-electron chi connectivity index (χ0n) is 13.2. The van der Waals surface area contributed by atoms with Gasteiger partial charge in [0.25, 0.3) is 0 Å². The number of halogens is 1. The van der Waals surface area contributed by atoms with Gasteiger partial charge in [-0.3, -0.25) is 0 Å². The Hall–Kier alpha value is -2.09. The lowest BCUT2D eigenvalue weighted by Gasteiger charge is -2.04. The highest BCUT2D eigenvalue weighted by atomic mass is 35.5. The van der Waals surface area contributed by atoms with E-state index in [1.165, 1.54) is 16.7 Å². The summed E-state index contributed by atoms with van der Waals surface area (Å²) in [5.41, 5.74) is 4.74. The maximum Gasteiger partial charge on any atom is 0.0471 e. The zero-order valence-corrected chi connectivity index (χ0v) is 14.0. The van der Waals surface area contributed by atoms with Crippen molar-refractivity contribution < 1.29 is 5.11 Å². The first kappa shape index (κ1) is 17.3. The van der Waals surface area contributed by atoms with Crippen LogP contribution in [-0.4, -0.2) is 11.7 Å². The normalized spacial score (nSPS) is 9.87. The molecule has 23 heavy (non-hydrogen) atoms. The van der Waals surface area contributed by atoms with E-state index in [0.29, 0.717) is 0 Å². The number of hydrogen-bond acceptors (Lipinski definition) is 1. The molecule has 0 heterocycles. The van der Waals surface area contributed by atoms with E-state index < -0.39 is 0 Å². The minimum Gasteiger partial charge on any atom is -0.396 e. The first-order valence-corrected chi connectivity index (χ1v) is 8.05. The highest BCUT2D eigenvalue weighted by molar-refractivity contribution is 6.31. The lowest BCUT2D eigenvalue weighted by molar-refractivity contribution is 0.299. The fourth-order valence-corrected chi connectivity index (χ4v) is 2.35. The summed E-state index contributed by atoms with van der Waals surface area (Å²) in [7, 11) is 0. The first-order chi connectivity index (χ1) is 11.2. The van der Waals surface area contributed by atoms with Crippen molar-refractivity contribution in [3.8, 4) is 11.1 Å². The van der Waals surface area contributed by atoms with Crippen LogP contribution >= 0.6 is 11.6 Å². The van der Waals surface area contributed by atoms with Gasteiger partial charge in [-0.15, -0.1) is 0 Å². The van der Waals surface area contributed by atoms with Crippen LogP contribution in [-0.2, 0) is 6.42 Å². The van der Waals surface area contributed by atoms with Gasteiger partial charge in [0.2, 0.25) is 0 Å². The maximum absolute atomic E-state index is 8.88. The molecule has 118 valence electrons. The molecule has 0 unspecified atom stereocenters. The van der Waals surface area contributed by atoms with Crippen LogP contribution in [0.15, 0.2) is 78.9 Å². The fraction of sp³-hybridized carbons (Fsp3) is 0.143. The lowest BCUT2D eigenvalue weighted by Crippen LogP contribution is -1.90. The maximum atomic E-state index is 8.88. The standard InChI is InChI=1S/C14H14O.C7H7Cl/c15-10-9-12-5-4-8-14(11-12)13-6-2-1-3-7-13;1-6-4-2-3-5-7(6)8/h1-8,11,15H,9-10H2;2-5H,1H3. The number of benzene rings is 3. The smallest absolute Gasteiger partial charge is 0.0471 e. The summed E-state index contributed by atoms with van der Waals surface area (Å²) in [6.45, 7) is 2.20. The van der Waals surface area contributed by atoms with Crippen LogP contribution in [0.25, 0.3) is 11.1 Å². The molecule has 0 saturated carbocycles. The Kier molecular flexibility index (Phi) is 6.86. The predicted octanol–water partition coefficient (Wildman–Crippen LogP) is 5.54. The molecule has 0 aliphatic heterocycles. The molecule has 0 fully saturated rings. The van der Waals surface area contributed by atoms with E-state index in [-0.39, 0.29) is 6.61 Å². The van der Waals surface area contributed by atoms with Crippen molar-refractivity contribution in [2.24, 2.45) is 0 Å². The average Bonchev–Trinajstić information content (AvgIpc) is 2.60. The third-order valence-electron chi connectivity index (χ3n) is 3.51. The van der Waals surface area contributed by atoms with E-state index in [1.807, 2.05) is 61.5 Å². The molecule has 1 N–H and O–H groups in total. The minimum atomic E-state index is 0.207. The summed E-state index contributed by atoms with van der Waals surface area (Å²) in [5.74, 6) is 0. The Labute approximate surface area is 143 Å². The Morgan fingerprint density at radius 2 is 1.43 bits per heavy atom. The van der Waals surface area contributed by atoms with Gasteiger partial charge < -0.3 is 5.11 Å². The molecule has 0 aliphatic rings. The predicted molar refractivity (Wildman–Crippen MR) is 98.9 cm³/mol. The van der Waals surface area contributed by atoms with Gasteiger partial charge >= 0.3 is 0 Å². The van der Waals surface area contributed by atoms with Gasteiger partial charge in [0.05, 0.1) is 0 Å². The molecule has 0 atom stereocenters. The van der Waals surface area contributed by atoms with Crippen LogP contribution in [0.3, 0.4) is 0 Å². The van der Waals surface area contributed by atoms with Gasteiger partial charge in [0, 0.05) is 11.6 Å². The highest BCUT2D eigenvalue weighted by Gasteiger charge is 1.97. The van der Waals surface area contributed by atoms with Crippen LogP contribution in [0.1, 0.15) is 11.1 Å². The molecule has 0 aliphatic carbocycles. The van der Waals surface area contributed by atoms with Crippen molar-refractivity contribution in [3.63, 3.8) is 0 Å². The molecule has 3 aromatic rings. The molecule has 0 saturated heterocycles. The van der Waals surface area contributed by atoms with Gasteiger partial charge in [-0.2, -0.15) is 0 Å². The Bertz CT molecular complexity index is 702. The van der Waals surface area contributed by atoms with Crippen LogP contribution in [0, 0.1) is 6.92 Å². The summed E-state index contributed by atoms with van der Waals surface area (Å²) in [6.07, 6.45) is 0.723. The highest BCUT2D eigenvalue weighted by Crippen LogP contribution is 2.20. The van der Waals surface area contributed by atoms with Crippen molar-refractivity contribution in [1.29, 1.82) is 0 Å². The van der Waals surface area contributed by atoms with Crippen molar-refractivity contribution in [3.05, 3.63) is 95.0 Å². The summed E-state index contributed by atoms with van der Waals surface area (Å²) in [4.78, 5) is 0. The largest absolute Gasteiger partial charge is 0.396 e. The van der Waals surface area contributed by atoms with Gasteiger partial charge in [-0.1, -0.05) is 84.4 Å². The molecular weight excluding hydrogens is 304 g/mol. The number of aryl methyl sites for hydroxylation is 1. The van der Waals surface area contributed by atoms with Gasteiger partial charge in [-0.25, -0.2) is 0 Å². The van der Waals surface area contributed by atoms with Crippen molar-refractivity contribution >= 4 is 11.6 Å². The van der Waals surface area contributed by atoms with Crippen LogP contribution in [0.2, 0.25) is 5.02 Å². The number of aliphatic hydroxyl groups is 1. The van der Waals surface area contributed by atoms with Crippen LogP contribution in [0.4, 0.5) is 0 Å². The van der Waals surface area contributed by atoms with Crippen molar-refractivity contribution in [2.45, 2.75) is 13.3 Å². The summed E-state index contributed by atoms with van der Waals surface area (Å²) in [5, 5.41) is 9.72. The van der Waals surface area contributed by atoms with E-state index >= 15 is 0 Å². The Balaban J connectivity index is 0.000000203. The summed E-state index contributed by atoms with van der Waals surface area (Å²) in [6, 6.07) is 26.4. The summed E-state index contributed by atoms with van der Waals surface area (Å²) < 4.78 is 0. The molecule has 3 rings (SSSR count). The third-order valence-corrected chi connectivity index (χ3v) is 3.94. The number of hydrogen-bond donors (Lipinski definition) is 1. The molecule has 2 heteroatoms. The van der Waals surface area contributed by atoms with Gasteiger partial charge in [-0.05, 0) is 41.7 Å². The minimum absolute atomic E-state index is 0.207. The van der Waals surface area contributed by atoms with Crippen molar-refractivity contribution in [1.82, 2.24) is 0 Å². The second-order valence-corrected chi connectivity index (χ2v) is 5.70. The Morgan fingerprint density at radius 3 is 2.04 bits per heavy atom. The first-order valence-electron chi connectivity index (χ1n) is 7.67. The SMILES string of the molecule is Cc1ccccc1Cl.OCCc1cccc(-c2ccccc2)c1. The third kappa shape index (κ3) is 5.55. The molecule has 3 aromatic carbocycles.